The van der Waals surface area contributed by atoms with Crippen LogP contribution in [-0.2, 0) is 16.1 Å². The molecule has 0 spiro atoms. The maximum absolute atomic E-state index is 12.2. The zero-order chi connectivity index (χ0) is 19.6. The van der Waals surface area contributed by atoms with Crippen molar-refractivity contribution in [2.75, 3.05) is 11.9 Å². The number of ether oxygens (including phenoxy) is 1. The summed E-state index contributed by atoms with van der Waals surface area (Å²) in [5.41, 5.74) is 3.75. The lowest BCUT2D eigenvalue weighted by atomic mass is 10.0. The number of quaternary nitrogens is 1. The number of nitrogens with zero attached hydrogens (tertiary/aromatic N) is 3. The summed E-state index contributed by atoms with van der Waals surface area (Å²) in [7, 11) is 0. The van der Waals surface area contributed by atoms with Gasteiger partial charge in [0.15, 0.2) is 11.9 Å². The summed E-state index contributed by atoms with van der Waals surface area (Å²) in [5.74, 6) is -0.0474. The van der Waals surface area contributed by atoms with Crippen LogP contribution in [0.2, 0.25) is 0 Å². The maximum atomic E-state index is 12.2. The van der Waals surface area contributed by atoms with Crippen molar-refractivity contribution >= 4 is 29.3 Å². The van der Waals surface area contributed by atoms with Crippen molar-refractivity contribution in [3.8, 4) is 6.19 Å². The number of hydrogen-bond acceptors (Lipinski definition) is 5. The van der Waals surface area contributed by atoms with Gasteiger partial charge in [-0.25, -0.2) is 4.79 Å². The Hall–Kier alpha value is -3.69. The van der Waals surface area contributed by atoms with Gasteiger partial charge in [0.25, 0.3) is 5.84 Å². The molecule has 2 aliphatic rings. The lowest BCUT2D eigenvalue weighted by Gasteiger charge is -2.27. The monoisotopic (exact) mass is 371 g/mol. The van der Waals surface area contributed by atoms with Crippen LogP contribution in [0.25, 0.3) is 6.08 Å². The van der Waals surface area contributed by atoms with Crippen molar-refractivity contribution in [3.63, 3.8) is 0 Å². The lowest BCUT2D eigenvalue weighted by molar-refractivity contribution is -0.138. The summed E-state index contributed by atoms with van der Waals surface area (Å²) >= 11 is 0. The quantitative estimate of drug-likeness (QED) is 0.491. The van der Waals surface area contributed by atoms with Gasteiger partial charge in [0.2, 0.25) is 5.70 Å². The van der Waals surface area contributed by atoms with E-state index in [1.807, 2.05) is 54.6 Å². The Kier molecular flexibility index (Phi) is 4.52. The average molecular weight is 371 g/mol. The third kappa shape index (κ3) is 2.88. The van der Waals surface area contributed by atoms with E-state index in [4.69, 9.17) is 4.74 Å². The molecule has 138 valence electrons. The summed E-state index contributed by atoms with van der Waals surface area (Å²) < 4.78 is 4.79. The van der Waals surface area contributed by atoms with E-state index in [0.717, 1.165) is 22.5 Å². The summed E-state index contributed by atoms with van der Waals surface area (Å²) in [5, 5.41) is 13.5. The number of fused-ring (bicyclic) bond motifs is 3. The predicted octanol–water partition coefficient (Wildman–Crippen LogP) is 3.93. The van der Waals surface area contributed by atoms with Gasteiger partial charge in [0.1, 0.15) is 0 Å². The Morgan fingerprint density at radius 2 is 2.00 bits per heavy atom. The van der Waals surface area contributed by atoms with E-state index in [1.165, 1.54) is 0 Å². The second-order valence-corrected chi connectivity index (χ2v) is 6.44. The van der Waals surface area contributed by atoms with Crippen LogP contribution in [-0.4, -0.2) is 18.4 Å². The lowest BCUT2D eigenvalue weighted by Crippen LogP contribution is -2.44. The molecule has 0 aromatic heterocycles. The van der Waals surface area contributed by atoms with E-state index in [0.29, 0.717) is 12.4 Å². The fraction of sp³-hybridized carbons (Fsp3) is 0.136. The fourth-order valence-electron chi connectivity index (χ4n) is 3.44. The first-order valence-electron chi connectivity index (χ1n) is 9.07. The predicted molar refractivity (Wildman–Crippen MR) is 109 cm³/mol. The van der Waals surface area contributed by atoms with Crippen LogP contribution in [0.1, 0.15) is 18.1 Å². The van der Waals surface area contributed by atoms with Crippen molar-refractivity contribution in [2.24, 2.45) is 4.99 Å². The smallest absolute Gasteiger partial charge is 0.362 e. The highest BCUT2D eigenvalue weighted by atomic mass is 16.5. The molecule has 0 bridgehead atoms. The number of carbonyl (C=O) groups excluding carboxylic acids is 1. The van der Waals surface area contributed by atoms with E-state index in [-0.39, 0.29) is 16.8 Å². The first-order valence-corrected chi connectivity index (χ1v) is 9.07. The van der Waals surface area contributed by atoms with Crippen LogP contribution in [0.15, 0.2) is 71.5 Å². The maximum Gasteiger partial charge on any atom is 0.362 e. The molecule has 1 atom stereocenters. The van der Waals surface area contributed by atoms with Gasteiger partial charge in [-0.3, -0.25) is 0 Å². The van der Waals surface area contributed by atoms with Crippen LogP contribution in [0, 0.1) is 11.5 Å². The Morgan fingerprint density at radius 3 is 2.75 bits per heavy atom. The standard InChI is InChI=1S/C22H19N4O2/c1-2-28-22(27)19-14-26(15-23)20(25-19)12-11-17-9-6-10-18(21(17)26)24-13-16-7-4-3-5-8-16/h3-12,14,24H,2,13H2,1H3/q+1. The molecule has 6 nitrogen and oxygen atoms in total. The minimum absolute atomic E-state index is 0.147. The van der Waals surface area contributed by atoms with E-state index >= 15 is 0 Å². The van der Waals surface area contributed by atoms with Crippen LogP contribution in [0.3, 0.4) is 0 Å². The molecular weight excluding hydrogens is 352 g/mol. The van der Waals surface area contributed by atoms with Crippen molar-refractivity contribution in [1.29, 1.82) is 5.26 Å². The molecule has 0 fully saturated rings. The number of anilines is 1. The second-order valence-electron chi connectivity index (χ2n) is 6.44. The first kappa shape index (κ1) is 17.7. The third-order valence-electron chi connectivity index (χ3n) is 4.71. The topological polar surface area (TPSA) is 74.5 Å². The Morgan fingerprint density at radius 1 is 1.18 bits per heavy atom. The van der Waals surface area contributed by atoms with Crippen molar-refractivity contribution < 1.29 is 9.53 Å². The minimum atomic E-state index is -0.526. The minimum Gasteiger partial charge on any atom is -0.461 e. The first-order chi connectivity index (χ1) is 13.7. The van der Waals surface area contributed by atoms with E-state index in [1.54, 1.807) is 19.2 Å². The SMILES string of the molecule is CCOC(=O)C1=C[N+]2(C#N)C(=N1)C=Cc1cccc(NCc3ccccc3)c12. The number of nitriles is 1. The molecule has 6 heteroatoms. The van der Waals surface area contributed by atoms with Gasteiger partial charge < -0.3 is 10.1 Å². The number of benzene rings is 2. The van der Waals surface area contributed by atoms with Gasteiger partial charge in [-0.15, -0.1) is 9.74 Å². The highest BCUT2D eigenvalue weighted by Gasteiger charge is 2.47. The summed E-state index contributed by atoms with van der Waals surface area (Å²) in [6.45, 7) is 2.61. The fourth-order valence-corrected chi connectivity index (χ4v) is 3.44. The molecule has 0 amide bonds. The number of amidine groups is 1. The van der Waals surface area contributed by atoms with E-state index in [9.17, 15) is 10.1 Å². The van der Waals surface area contributed by atoms with Gasteiger partial charge in [-0.05, 0) is 30.7 Å². The van der Waals surface area contributed by atoms with Gasteiger partial charge in [-0.1, -0.05) is 36.4 Å². The largest absolute Gasteiger partial charge is 0.461 e. The summed E-state index contributed by atoms with van der Waals surface area (Å²) in [6.07, 6.45) is 7.58. The van der Waals surface area contributed by atoms with E-state index in [2.05, 4.69) is 16.5 Å². The number of rotatable bonds is 5. The molecule has 2 aromatic rings. The zero-order valence-corrected chi connectivity index (χ0v) is 15.4. The molecule has 2 aromatic carbocycles. The van der Waals surface area contributed by atoms with Gasteiger partial charge in [0, 0.05) is 18.2 Å². The van der Waals surface area contributed by atoms with Crippen molar-refractivity contribution in [2.45, 2.75) is 13.5 Å². The van der Waals surface area contributed by atoms with Gasteiger partial charge >= 0.3 is 12.2 Å². The molecular formula is C22H19N4O2+. The number of para-hydroxylation sites is 1. The average Bonchev–Trinajstić information content (AvgIpc) is 3.13. The highest BCUT2D eigenvalue weighted by molar-refractivity contribution is 6.16. The van der Waals surface area contributed by atoms with Gasteiger partial charge in [-0.2, -0.15) is 4.99 Å². The number of carbonyl (C=O) groups is 1. The normalized spacial score (nSPS) is 19.0. The zero-order valence-electron chi connectivity index (χ0n) is 15.4. The van der Waals surface area contributed by atoms with Gasteiger partial charge in [0.05, 0.1) is 12.3 Å². The third-order valence-corrected chi connectivity index (χ3v) is 4.71. The van der Waals surface area contributed by atoms with Crippen molar-refractivity contribution in [3.05, 3.63) is 77.6 Å². The molecule has 28 heavy (non-hydrogen) atoms. The number of esters is 1. The molecule has 0 saturated heterocycles. The molecule has 4 rings (SSSR count). The Bertz CT molecular complexity index is 1060. The molecule has 0 aliphatic carbocycles. The highest BCUT2D eigenvalue weighted by Crippen LogP contribution is 2.43. The summed E-state index contributed by atoms with van der Waals surface area (Å²) in [4.78, 5) is 16.6. The molecule has 0 radical (unpaired) electrons. The second kappa shape index (κ2) is 7.14. The Labute approximate surface area is 163 Å². The Balaban J connectivity index is 1.76. The van der Waals surface area contributed by atoms with Crippen molar-refractivity contribution in [1.82, 2.24) is 4.48 Å². The molecule has 1 N–H and O–H groups in total. The number of nitrogens with one attached hydrogen (secondary N) is 1. The molecule has 1 unspecified atom stereocenters. The van der Waals surface area contributed by atoms with E-state index < -0.39 is 5.97 Å². The molecule has 2 heterocycles. The summed E-state index contributed by atoms with van der Waals surface area (Å²) in [6, 6.07) is 15.9. The number of hydrogen-bond donors (Lipinski definition) is 1. The van der Waals surface area contributed by atoms with Crippen LogP contribution >= 0.6 is 0 Å². The van der Waals surface area contributed by atoms with Crippen LogP contribution in [0.4, 0.5) is 11.4 Å². The molecule has 0 saturated carbocycles. The number of aliphatic imine (C=N–C) groups is 1. The van der Waals surface area contributed by atoms with Crippen LogP contribution < -0.4 is 9.80 Å². The molecule has 2 aliphatic heterocycles. The van der Waals surface area contributed by atoms with Crippen LogP contribution in [0.5, 0.6) is 0 Å².